The molecule has 154 valence electrons. The molecule has 2 saturated heterocycles. The molecular weight excluding hydrogens is 348 g/mol. The Morgan fingerprint density at radius 1 is 0.963 bits per heavy atom. The molecule has 0 atom stereocenters. The molecule has 0 spiro atoms. The van der Waals surface area contributed by atoms with Crippen molar-refractivity contribution in [3.63, 3.8) is 0 Å². The molecule has 8 heteroatoms. The SMILES string of the molecule is CN1CCN(C(=O)C2CCN(C(=O)CCNC(=O)OC(C)(C)C)CC2)CC1. The van der Waals surface area contributed by atoms with Crippen LogP contribution in [0.5, 0.6) is 0 Å². The van der Waals surface area contributed by atoms with Gasteiger partial charge in [-0.05, 0) is 40.7 Å². The first-order chi connectivity index (χ1) is 12.7. The second-order valence-corrected chi connectivity index (χ2v) is 8.46. The quantitative estimate of drug-likeness (QED) is 0.782. The van der Waals surface area contributed by atoms with E-state index in [1.807, 2.05) is 4.90 Å². The van der Waals surface area contributed by atoms with Gasteiger partial charge in [-0.3, -0.25) is 9.59 Å². The van der Waals surface area contributed by atoms with Gasteiger partial charge in [-0.25, -0.2) is 4.79 Å². The van der Waals surface area contributed by atoms with E-state index in [1.54, 1.807) is 25.7 Å². The molecule has 0 aliphatic carbocycles. The van der Waals surface area contributed by atoms with Crippen LogP contribution in [0.15, 0.2) is 0 Å². The smallest absolute Gasteiger partial charge is 0.407 e. The maximum atomic E-state index is 12.6. The Hall–Kier alpha value is -1.83. The van der Waals surface area contributed by atoms with Gasteiger partial charge in [0.25, 0.3) is 0 Å². The lowest BCUT2D eigenvalue weighted by atomic mass is 9.94. The van der Waals surface area contributed by atoms with Crippen LogP contribution in [0.25, 0.3) is 0 Å². The molecule has 3 amide bonds. The molecule has 0 saturated carbocycles. The van der Waals surface area contributed by atoms with E-state index >= 15 is 0 Å². The van der Waals surface area contributed by atoms with Gasteiger partial charge < -0.3 is 24.8 Å². The van der Waals surface area contributed by atoms with E-state index in [-0.39, 0.29) is 30.7 Å². The fourth-order valence-corrected chi connectivity index (χ4v) is 3.40. The molecule has 2 fully saturated rings. The Morgan fingerprint density at radius 2 is 1.56 bits per heavy atom. The first kappa shape index (κ1) is 21.5. The summed E-state index contributed by atoms with van der Waals surface area (Å²) in [4.78, 5) is 42.5. The van der Waals surface area contributed by atoms with E-state index in [2.05, 4.69) is 17.3 Å². The molecule has 0 aromatic heterocycles. The Kier molecular flexibility index (Phi) is 7.47. The number of carbonyl (C=O) groups excluding carboxylic acids is 3. The number of rotatable bonds is 4. The zero-order valence-corrected chi connectivity index (χ0v) is 17.1. The monoisotopic (exact) mass is 382 g/mol. The van der Waals surface area contributed by atoms with Crippen LogP contribution in [0.4, 0.5) is 4.79 Å². The number of piperazine rings is 1. The first-order valence-corrected chi connectivity index (χ1v) is 9.87. The van der Waals surface area contributed by atoms with Crippen LogP contribution >= 0.6 is 0 Å². The van der Waals surface area contributed by atoms with Crippen molar-refractivity contribution in [3.05, 3.63) is 0 Å². The van der Waals surface area contributed by atoms with Crippen molar-refractivity contribution < 1.29 is 19.1 Å². The highest BCUT2D eigenvalue weighted by molar-refractivity contribution is 5.80. The molecule has 8 nitrogen and oxygen atoms in total. The van der Waals surface area contributed by atoms with Gasteiger partial charge in [0.05, 0.1) is 0 Å². The Morgan fingerprint density at radius 3 is 2.11 bits per heavy atom. The number of carbonyl (C=O) groups is 3. The van der Waals surface area contributed by atoms with E-state index in [1.165, 1.54) is 0 Å². The van der Waals surface area contributed by atoms with Crippen LogP contribution < -0.4 is 5.32 Å². The number of ether oxygens (including phenoxy) is 1. The van der Waals surface area contributed by atoms with Crippen molar-refractivity contribution in [1.29, 1.82) is 0 Å². The van der Waals surface area contributed by atoms with Gasteiger partial charge in [-0.2, -0.15) is 0 Å². The van der Waals surface area contributed by atoms with Crippen molar-refractivity contribution in [1.82, 2.24) is 20.0 Å². The molecule has 1 N–H and O–H groups in total. The third-order valence-electron chi connectivity index (χ3n) is 5.02. The predicted octanol–water partition coefficient (Wildman–Crippen LogP) is 0.914. The third-order valence-corrected chi connectivity index (χ3v) is 5.02. The van der Waals surface area contributed by atoms with Crippen LogP contribution in [-0.4, -0.2) is 91.1 Å². The third kappa shape index (κ3) is 7.01. The first-order valence-electron chi connectivity index (χ1n) is 9.87. The summed E-state index contributed by atoms with van der Waals surface area (Å²) in [5.74, 6) is 0.274. The molecule has 0 bridgehead atoms. The minimum absolute atomic E-state index is 0.0107. The highest BCUT2D eigenvalue weighted by Gasteiger charge is 2.31. The number of piperidine rings is 1. The number of hydrogen-bond donors (Lipinski definition) is 1. The Balaban J connectivity index is 1.66. The van der Waals surface area contributed by atoms with Gasteiger partial charge >= 0.3 is 6.09 Å². The summed E-state index contributed by atoms with van der Waals surface area (Å²) >= 11 is 0. The van der Waals surface area contributed by atoms with E-state index in [4.69, 9.17) is 4.74 Å². The number of likely N-dealkylation sites (tertiary alicyclic amines) is 1. The van der Waals surface area contributed by atoms with E-state index in [0.717, 1.165) is 39.0 Å². The van der Waals surface area contributed by atoms with Crippen LogP contribution in [-0.2, 0) is 14.3 Å². The summed E-state index contributed by atoms with van der Waals surface area (Å²) < 4.78 is 5.15. The lowest BCUT2D eigenvalue weighted by Crippen LogP contribution is -2.51. The number of amides is 3. The fourth-order valence-electron chi connectivity index (χ4n) is 3.40. The standard InChI is InChI=1S/C19H34N4O4/c1-19(2,3)27-18(26)20-8-5-16(24)22-9-6-15(7-10-22)17(25)23-13-11-21(4)12-14-23/h15H,5-14H2,1-4H3,(H,20,26). The van der Waals surface area contributed by atoms with Gasteiger partial charge in [-0.15, -0.1) is 0 Å². The number of likely N-dealkylation sites (N-methyl/N-ethyl adjacent to an activating group) is 1. The molecule has 27 heavy (non-hydrogen) atoms. The summed E-state index contributed by atoms with van der Waals surface area (Å²) in [6.45, 7) is 10.3. The maximum Gasteiger partial charge on any atom is 0.407 e. The summed E-state index contributed by atoms with van der Waals surface area (Å²) in [5, 5.41) is 2.61. The molecule has 2 heterocycles. The van der Waals surface area contributed by atoms with Gasteiger partial charge in [0.1, 0.15) is 5.60 Å². The van der Waals surface area contributed by atoms with Crippen LogP contribution in [0.3, 0.4) is 0 Å². The molecule has 0 unspecified atom stereocenters. The van der Waals surface area contributed by atoms with Gasteiger partial charge in [-0.1, -0.05) is 0 Å². The summed E-state index contributed by atoms with van der Waals surface area (Å²) in [7, 11) is 2.07. The van der Waals surface area contributed by atoms with Crippen molar-refractivity contribution in [2.75, 3.05) is 52.9 Å². The van der Waals surface area contributed by atoms with Crippen LogP contribution in [0, 0.1) is 5.92 Å². The Bertz CT molecular complexity index is 530. The zero-order valence-electron chi connectivity index (χ0n) is 17.1. The maximum absolute atomic E-state index is 12.6. The highest BCUT2D eigenvalue weighted by Crippen LogP contribution is 2.21. The predicted molar refractivity (Wildman–Crippen MR) is 102 cm³/mol. The molecule has 0 aromatic carbocycles. The lowest BCUT2D eigenvalue weighted by Gasteiger charge is -2.37. The number of nitrogens with zero attached hydrogens (tertiary/aromatic N) is 3. The molecule has 2 aliphatic rings. The van der Waals surface area contributed by atoms with E-state index < -0.39 is 11.7 Å². The molecule has 0 radical (unpaired) electrons. The second-order valence-electron chi connectivity index (χ2n) is 8.46. The minimum Gasteiger partial charge on any atom is -0.444 e. The molecule has 2 rings (SSSR count). The van der Waals surface area contributed by atoms with E-state index in [9.17, 15) is 14.4 Å². The minimum atomic E-state index is -0.549. The van der Waals surface area contributed by atoms with Crippen molar-refractivity contribution in [2.24, 2.45) is 5.92 Å². The highest BCUT2D eigenvalue weighted by atomic mass is 16.6. The number of nitrogens with one attached hydrogen (secondary N) is 1. The second kappa shape index (κ2) is 9.39. The van der Waals surface area contributed by atoms with Crippen molar-refractivity contribution >= 4 is 17.9 Å². The molecular formula is C19H34N4O4. The summed E-state index contributed by atoms with van der Waals surface area (Å²) in [6.07, 6.45) is 1.18. The van der Waals surface area contributed by atoms with Gasteiger partial charge in [0.15, 0.2) is 0 Å². The largest absolute Gasteiger partial charge is 0.444 e. The average Bonchev–Trinajstić information content (AvgIpc) is 2.60. The zero-order chi connectivity index (χ0) is 20.0. The van der Waals surface area contributed by atoms with Gasteiger partial charge in [0.2, 0.25) is 11.8 Å². The number of alkyl carbamates (subject to hydrolysis) is 1. The lowest BCUT2D eigenvalue weighted by molar-refractivity contribution is -0.141. The normalized spacial score (nSPS) is 19.7. The van der Waals surface area contributed by atoms with Crippen LogP contribution in [0.2, 0.25) is 0 Å². The van der Waals surface area contributed by atoms with Crippen molar-refractivity contribution in [3.8, 4) is 0 Å². The summed E-state index contributed by atoms with van der Waals surface area (Å²) in [6, 6.07) is 0. The number of hydrogen-bond acceptors (Lipinski definition) is 5. The fraction of sp³-hybridized carbons (Fsp3) is 0.842. The topological polar surface area (TPSA) is 82.2 Å². The van der Waals surface area contributed by atoms with E-state index in [0.29, 0.717) is 13.1 Å². The molecule has 0 aromatic rings. The van der Waals surface area contributed by atoms with Crippen LogP contribution in [0.1, 0.15) is 40.0 Å². The Labute approximate surface area is 162 Å². The average molecular weight is 383 g/mol. The van der Waals surface area contributed by atoms with Gasteiger partial charge in [0, 0.05) is 58.2 Å². The molecule has 2 aliphatic heterocycles. The van der Waals surface area contributed by atoms with Crippen molar-refractivity contribution in [2.45, 2.75) is 45.6 Å². The summed E-state index contributed by atoms with van der Waals surface area (Å²) in [5.41, 5.74) is -0.549.